The first kappa shape index (κ1) is 20.3. The average molecular weight is 380 g/mol. The van der Waals surface area contributed by atoms with Crippen LogP contribution in [-0.4, -0.2) is 23.9 Å². The lowest BCUT2D eigenvalue weighted by molar-refractivity contribution is 0.229. The van der Waals surface area contributed by atoms with Crippen LogP contribution >= 0.6 is 12.4 Å². The second-order valence-electron chi connectivity index (χ2n) is 6.91. The van der Waals surface area contributed by atoms with Crippen molar-refractivity contribution in [1.29, 1.82) is 0 Å². The Labute approximate surface area is 160 Å². The molecule has 1 saturated carbocycles. The van der Waals surface area contributed by atoms with E-state index in [9.17, 15) is 0 Å². The van der Waals surface area contributed by atoms with Gasteiger partial charge < -0.3 is 19.7 Å². The molecule has 0 atom stereocenters. The summed E-state index contributed by atoms with van der Waals surface area (Å²) in [6.07, 6.45) is 6.61. The van der Waals surface area contributed by atoms with Crippen LogP contribution in [-0.2, 0) is 5.54 Å². The summed E-state index contributed by atoms with van der Waals surface area (Å²) < 4.78 is 16.4. The summed E-state index contributed by atoms with van der Waals surface area (Å²) in [5, 5.41) is 4.00. The molecule has 26 heavy (non-hydrogen) atoms. The lowest BCUT2D eigenvalue weighted by Crippen LogP contribution is -2.44. The Hall–Kier alpha value is -2.05. The van der Waals surface area contributed by atoms with Crippen molar-refractivity contribution in [2.45, 2.75) is 38.6 Å². The summed E-state index contributed by atoms with van der Waals surface area (Å²) in [5.41, 5.74) is 6.76. The van der Waals surface area contributed by atoms with Gasteiger partial charge in [-0.15, -0.1) is 12.4 Å². The molecule has 1 aromatic carbocycles. The Morgan fingerprint density at radius 3 is 2.65 bits per heavy atom. The number of nitrogens with zero attached hydrogens (tertiary/aromatic N) is 2. The van der Waals surface area contributed by atoms with Crippen molar-refractivity contribution < 1.29 is 14.0 Å². The molecule has 0 unspecified atom stereocenters. The minimum Gasteiger partial charge on any atom is -0.493 e. The van der Waals surface area contributed by atoms with Gasteiger partial charge in [-0.3, -0.25) is 0 Å². The second-order valence-corrected chi connectivity index (χ2v) is 6.91. The molecule has 1 aromatic heterocycles. The van der Waals surface area contributed by atoms with Gasteiger partial charge >= 0.3 is 0 Å². The fraction of sp³-hybridized carbons (Fsp3) is 0.474. The highest BCUT2D eigenvalue weighted by Gasteiger charge is 2.38. The normalized spacial score (nSPS) is 15.6. The Morgan fingerprint density at radius 2 is 2.04 bits per heavy atom. The summed E-state index contributed by atoms with van der Waals surface area (Å²) >= 11 is 0. The zero-order valence-electron chi connectivity index (χ0n) is 15.4. The maximum atomic E-state index is 6.21. The Balaban J connectivity index is 0.00000243. The summed E-state index contributed by atoms with van der Waals surface area (Å²) in [5.74, 6) is 2.93. The fourth-order valence-electron chi connectivity index (χ4n) is 2.62. The van der Waals surface area contributed by atoms with Crippen LogP contribution in [0.25, 0.3) is 12.2 Å². The Bertz CT molecular complexity index is 754. The van der Waals surface area contributed by atoms with Crippen LogP contribution in [0.2, 0.25) is 0 Å². The van der Waals surface area contributed by atoms with Crippen LogP contribution in [0.1, 0.15) is 50.4 Å². The number of methoxy groups -OCH3 is 1. The molecule has 3 rings (SSSR count). The number of hydrogen-bond acceptors (Lipinski definition) is 6. The molecule has 1 heterocycles. The molecule has 1 fully saturated rings. The topological polar surface area (TPSA) is 83.4 Å². The fourth-order valence-corrected chi connectivity index (χ4v) is 2.62. The molecule has 1 aliphatic rings. The quantitative estimate of drug-likeness (QED) is 0.781. The van der Waals surface area contributed by atoms with E-state index in [4.69, 9.17) is 19.7 Å². The molecular weight excluding hydrogens is 354 g/mol. The molecule has 0 saturated heterocycles. The van der Waals surface area contributed by atoms with Gasteiger partial charge in [-0.2, -0.15) is 4.98 Å². The van der Waals surface area contributed by atoms with Gasteiger partial charge in [-0.05, 0) is 49.0 Å². The molecule has 0 spiro atoms. The van der Waals surface area contributed by atoms with Gasteiger partial charge in [0.1, 0.15) is 0 Å². The minimum atomic E-state index is -0.409. The lowest BCUT2D eigenvalue weighted by atomic mass is 9.77. The highest BCUT2D eigenvalue weighted by Crippen LogP contribution is 2.37. The average Bonchev–Trinajstić information content (AvgIpc) is 3.05. The van der Waals surface area contributed by atoms with Crippen LogP contribution in [0.4, 0.5) is 0 Å². The predicted molar refractivity (Wildman–Crippen MR) is 104 cm³/mol. The van der Waals surface area contributed by atoms with Crippen LogP contribution in [0, 0.1) is 5.92 Å². The van der Waals surface area contributed by atoms with Crippen LogP contribution in [0.15, 0.2) is 22.7 Å². The van der Waals surface area contributed by atoms with Crippen molar-refractivity contribution in [3.05, 3.63) is 35.5 Å². The maximum Gasteiger partial charge on any atom is 0.250 e. The van der Waals surface area contributed by atoms with E-state index in [0.717, 1.165) is 30.6 Å². The predicted octanol–water partition coefficient (Wildman–Crippen LogP) is 4.04. The zero-order chi connectivity index (χ0) is 17.9. The summed E-state index contributed by atoms with van der Waals surface area (Å²) in [6, 6.07) is 5.78. The largest absolute Gasteiger partial charge is 0.493 e. The van der Waals surface area contributed by atoms with Crippen molar-refractivity contribution in [3.63, 3.8) is 0 Å². The van der Waals surface area contributed by atoms with Gasteiger partial charge in [0.2, 0.25) is 0 Å². The van der Waals surface area contributed by atoms with Crippen molar-refractivity contribution >= 4 is 24.6 Å². The first-order valence-electron chi connectivity index (χ1n) is 8.62. The second kappa shape index (κ2) is 8.56. The van der Waals surface area contributed by atoms with E-state index in [0.29, 0.717) is 30.0 Å². The van der Waals surface area contributed by atoms with E-state index in [2.05, 4.69) is 24.0 Å². The molecule has 1 aliphatic carbocycles. The highest BCUT2D eigenvalue weighted by molar-refractivity contribution is 5.85. The molecule has 0 aliphatic heterocycles. The molecule has 142 valence electrons. The maximum absolute atomic E-state index is 6.21. The first-order chi connectivity index (χ1) is 12.0. The van der Waals surface area contributed by atoms with E-state index < -0.39 is 5.54 Å². The van der Waals surface area contributed by atoms with E-state index in [-0.39, 0.29) is 12.4 Å². The first-order valence-corrected chi connectivity index (χ1v) is 8.62. The molecule has 0 radical (unpaired) electrons. The molecule has 0 bridgehead atoms. The Morgan fingerprint density at radius 1 is 1.27 bits per heavy atom. The number of nitrogens with two attached hydrogens (primary N) is 1. The third-order valence-electron chi connectivity index (χ3n) is 4.31. The van der Waals surface area contributed by atoms with E-state index in [1.54, 1.807) is 13.2 Å². The number of rotatable bonds is 7. The summed E-state index contributed by atoms with van der Waals surface area (Å²) in [6.45, 7) is 4.87. The van der Waals surface area contributed by atoms with Crippen molar-refractivity contribution in [3.8, 4) is 11.5 Å². The summed E-state index contributed by atoms with van der Waals surface area (Å²) in [7, 11) is 1.63. The number of hydrogen-bond donors (Lipinski definition) is 1. The van der Waals surface area contributed by atoms with Crippen LogP contribution in [0.3, 0.4) is 0 Å². The van der Waals surface area contributed by atoms with Gasteiger partial charge in [-0.25, -0.2) is 0 Å². The number of ether oxygens (including phenoxy) is 2. The molecule has 6 nitrogen and oxygen atoms in total. The van der Waals surface area contributed by atoms with Gasteiger partial charge in [0.15, 0.2) is 17.3 Å². The van der Waals surface area contributed by atoms with E-state index in [1.165, 1.54) is 0 Å². The third-order valence-corrected chi connectivity index (χ3v) is 4.31. The van der Waals surface area contributed by atoms with E-state index >= 15 is 0 Å². The Kier molecular flexibility index (Phi) is 6.67. The standard InChI is InChI=1S/C19H25N3O3.ClH/c1-13(2)12-24-15-7-5-14(11-16(15)23-3)6-8-17-21-18(22-25-17)19(20)9-4-10-19;/h5-8,11,13H,4,9-10,12,20H2,1-3H3;1H/b8-6+;. The summed E-state index contributed by atoms with van der Waals surface area (Å²) in [4.78, 5) is 4.38. The molecule has 7 heteroatoms. The molecule has 0 amide bonds. The third kappa shape index (κ3) is 4.56. The van der Waals surface area contributed by atoms with Crippen molar-refractivity contribution in [2.75, 3.05) is 13.7 Å². The number of benzene rings is 1. The number of aromatic nitrogens is 2. The smallest absolute Gasteiger partial charge is 0.250 e. The van der Waals surface area contributed by atoms with E-state index in [1.807, 2.05) is 24.3 Å². The lowest BCUT2D eigenvalue weighted by Gasteiger charge is -2.34. The van der Waals surface area contributed by atoms with Crippen LogP contribution in [0.5, 0.6) is 11.5 Å². The SMILES string of the molecule is COc1cc(/C=C/c2nc(C3(N)CCC3)no2)ccc1OCC(C)C.Cl. The minimum absolute atomic E-state index is 0. The van der Waals surface area contributed by atoms with Crippen LogP contribution < -0.4 is 15.2 Å². The van der Waals surface area contributed by atoms with Crippen molar-refractivity contribution in [2.24, 2.45) is 11.7 Å². The molecule has 2 N–H and O–H groups in total. The highest BCUT2D eigenvalue weighted by atomic mass is 35.5. The van der Waals surface area contributed by atoms with Gasteiger partial charge in [-0.1, -0.05) is 25.1 Å². The van der Waals surface area contributed by atoms with Gasteiger partial charge in [0, 0.05) is 6.08 Å². The molecular formula is C19H26ClN3O3. The van der Waals surface area contributed by atoms with Crippen molar-refractivity contribution in [1.82, 2.24) is 10.1 Å². The zero-order valence-corrected chi connectivity index (χ0v) is 16.2. The number of halogens is 1. The van der Waals surface area contributed by atoms with Gasteiger partial charge in [0.05, 0.1) is 19.3 Å². The monoisotopic (exact) mass is 379 g/mol. The molecule has 2 aromatic rings. The van der Waals surface area contributed by atoms with Gasteiger partial charge in [0.25, 0.3) is 5.89 Å².